The number of amides is 3. The third kappa shape index (κ3) is 3.00. The SMILES string of the molecule is CC1(C)NC(=O)N(Cc2ccc(C#CCCO)s2)C1=O. The van der Waals surface area contributed by atoms with Gasteiger partial charge in [-0.25, -0.2) is 4.79 Å². The minimum atomic E-state index is -0.835. The molecule has 0 radical (unpaired) electrons. The standard InChI is InChI=1S/C14H16N2O3S/c1-14(2)12(18)16(13(19)15-14)9-11-7-6-10(20-11)5-3-4-8-17/h6-7,17H,4,8-9H2,1-2H3,(H,15,19). The number of carbonyl (C=O) groups is 2. The second-order valence-corrected chi connectivity index (χ2v) is 6.16. The van der Waals surface area contributed by atoms with Gasteiger partial charge >= 0.3 is 6.03 Å². The lowest BCUT2D eigenvalue weighted by molar-refractivity contribution is -0.130. The first-order valence-corrected chi connectivity index (χ1v) is 7.08. The molecular formula is C14H16N2O3S. The zero-order chi connectivity index (χ0) is 14.8. The summed E-state index contributed by atoms with van der Waals surface area (Å²) in [6, 6.07) is 3.36. The number of thiophene rings is 1. The van der Waals surface area contributed by atoms with E-state index in [9.17, 15) is 9.59 Å². The van der Waals surface area contributed by atoms with E-state index in [1.165, 1.54) is 16.2 Å². The predicted octanol–water partition coefficient (Wildman–Crippen LogP) is 1.31. The van der Waals surface area contributed by atoms with E-state index < -0.39 is 5.54 Å². The maximum absolute atomic E-state index is 12.1. The Balaban J connectivity index is 2.07. The van der Waals surface area contributed by atoms with Crippen molar-refractivity contribution in [2.45, 2.75) is 32.4 Å². The molecule has 5 nitrogen and oxygen atoms in total. The molecule has 2 heterocycles. The van der Waals surface area contributed by atoms with Gasteiger partial charge in [0.2, 0.25) is 0 Å². The highest BCUT2D eigenvalue weighted by atomic mass is 32.1. The van der Waals surface area contributed by atoms with E-state index in [1.807, 2.05) is 12.1 Å². The number of aliphatic hydroxyl groups is 1. The smallest absolute Gasteiger partial charge is 0.325 e. The summed E-state index contributed by atoms with van der Waals surface area (Å²) in [7, 11) is 0. The monoisotopic (exact) mass is 292 g/mol. The van der Waals surface area contributed by atoms with Gasteiger partial charge in [0.25, 0.3) is 5.91 Å². The van der Waals surface area contributed by atoms with Crippen LogP contribution in [-0.4, -0.2) is 34.1 Å². The number of hydrogen-bond acceptors (Lipinski definition) is 4. The van der Waals surface area contributed by atoms with Crippen LogP contribution in [0.2, 0.25) is 0 Å². The maximum Gasteiger partial charge on any atom is 0.325 e. The lowest BCUT2D eigenvalue weighted by atomic mass is 10.1. The van der Waals surface area contributed by atoms with Crippen LogP contribution < -0.4 is 5.32 Å². The fraction of sp³-hybridized carbons (Fsp3) is 0.429. The number of nitrogens with one attached hydrogen (secondary N) is 1. The molecule has 20 heavy (non-hydrogen) atoms. The molecule has 2 N–H and O–H groups in total. The van der Waals surface area contributed by atoms with Gasteiger partial charge in [-0.2, -0.15) is 0 Å². The van der Waals surface area contributed by atoms with Crippen LogP contribution in [-0.2, 0) is 11.3 Å². The third-order valence-corrected chi connectivity index (χ3v) is 3.85. The van der Waals surface area contributed by atoms with E-state index in [0.717, 1.165) is 9.75 Å². The Kier molecular flexibility index (Phi) is 4.12. The van der Waals surface area contributed by atoms with Gasteiger partial charge in [0, 0.05) is 11.3 Å². The second-order valence-electron chi connectivity index (χ2n) is 4.99. The molecule has 1 aliphatic rings. The summed E-state index contributed by atoms with van der Waals surface area (Å²) in [6.07, 6.45) is 0.439. The third-order valence-electron chi connectivity index (χ3n) is 2.87. The lowest BCUT2D eigenvalue weighted by Crippen LogP contribution is -2.40. The first-order chi connectivity index (χ1) is 9.44. The molecule has 0 unspecified atom stereocenters. The normalized spacial score (nSPS) is 16.9. The number of nitrogens with zero attached hydrogens (tertiary/aromatic N) is 1. The van der Waals surface area contributed by atoms with Crippen LogP contribution >= 0.6 is 11.3 Å². The molecule has 1 aliphatic heterocycles. The molecule has 1 fully saturated rings. The predicted molar refractivity (Wildman–Crippen MR) is 76.1 cm³/mol. The van der Waals surface area contributed by atoms with E-state index in [4.69, 9.17) is 5.11 Å². The quantitative estimate of drug-likeness (QED) is 0.652. The van der Waals surface area contributed by atoms with Gasteiger partial charge in [0.05, 0.1) is 18.0 Å². The first-order valence-electron chi connectivity index (χ1n) is 6.26. The van der Waals surface area contributed by atoms with Gasteiger partial charge in [-0.15, -0.1) is 11.3 Å². The van der Waals surface area contributed by atoms with Crippen molar-refractivity contribution in [1.82, 2.24) is 10.2 Å². The van der Waals surface area contributed by atoms with Gasteiger partial charge in [-0.1, -0.05) is 11.8 Å². The Labute approximate surface area is 121 Å². The molecule has 1 saturated heterocycles. The molecule has 1 aromatic heterocycles. The van der Waals surface area contributed by atoms with Gasteiger partial charge in [-0.05, 0) is 26.0 Å². The summed E-state index contributed by atoms with van der Waals surface area (Å²) in [6.45, 7) is 3.68. The molecule has 3 amide bonds. The Morgan fingerprint density at radius 2 is 2.15 bits per heavy atom. The fourth-order valence-corrected chi connectivity index (χ4v) is 2.72. The van der Waals surface area contributed by atoms with Gasteiger partial charge < -0.3 is 10.4 Å². The van der Waals surface area contributed by atoms with Crippen molar-refractivity contribution >= 4 is 23.3 Å². The molecule has 0 aliphatic carbocycles. The Hall–Kier alpha value is -1.84. The summed E-state index contributed by atoms with van der Waals surface area (Å²) in [4.78, 5) is 26.8. The Morgan fingerprint density at radius 1 is 1.40 bits per heavy atom. The molecule has 0 aromatic carbocycles. The number of carbonyl (C=O) groups excluding carboxylic acids is 2. The minimum Gasteiger partial charge on any atom is -0.395 e. The van der Waals surface area contributed by atoms with Crippen LogP contribution in [0.3, 0.4) is 0 Å². The Bertz CT molecular complexity index is 595. The first kappa shape index (κ1) is 14.6. The summed E-state index contributed by atoms with van der Waals surface area (Å²) < 4.78 is 0. The van der Waals surface area contributed by atoms with Crippen molar-refractivity contribution in [1.29, 1.82) is 0 Å². The van der Waals surface area contributed by atoms with Crippen LogP contribution in [0.5, 0.6) is 0 Å². The fourth-order valence-electron chi connectivity index (χ4n) is 1.85. The average Bonchev–Trinajstić information content (AvgIpc) is 2.89. The highest BCUT2D eigenvalue weighted by molar-refractivity contribution is 7.12. The van der Waals surface area contributed by atoms with Crippen molar-refractivity contribution in [3.8, 4) is 11.8 Å². The second kappa shape index (κ2) is 5.65. The molecule has 0 bridgehead atoms. The summed E-state index contributed by atoms with van der Waals surface area (Å²) in [5.74, 6) is 5.55. The largest absolute Gasteiger partial charge is 0.395 e. The van der Waals surface area contributed by atoms with E-state index in [1.54, 1.807) is 13.8 Å². The topological polar surface area (TPSA) is 69.6 Å². The molecule has 2 rings (SSSR count). The van der Waals surface area contributed by atoms with Crippen LogP contribution in [0.15, 0.2) is 12.1 Å². The number of urea groups is 1. The van der Waals surface area contributed by atoms with Crippen molar-refractivity contribution in [2.75, 3.05) is 6.61 Å². The molecule has 1 aromatic rings. The lowest BCUT2D eigenvalue weighted by Gasteiger charge is -2.15. The average molecular weight is 292 g/mol. The van der Waals surface area contributed by atoms with Crippen molar-refractivity contribution in [3.63, 3.8) is 0 Å². The van der Waals surface area contributed by atoms with E-state index >= 15 is 0 Å². The molecule has 0 atom stereocenters. The highest BCUT2D eigenvalue weighted by Crippen LogP contribution is 2.22. The zero-order valence-corrected chi connectivity index (χ0v) is 12.2. The number of aliphatic hydroxyl groups excluding tert-OH is 1. The maximum atomic E-state index is 12.1. The molecule has 6 heteroatoms. The number of rotatable bonds is 3. The van der Waals surface area contributed by atoms with E-state index in [0.29, 0.717) is 6.42 Å². The summed E-state index contributed by atoms with van der Waals surface area (Å²) in [5.41, 5.74) is -0.835. The number of imide groups is 1. The van der Waals surface area contributed by atoms with Crippen molar-refractivity contribution in [3.05, 3.63) is 21.9 Å². The van der Waals surface area contributed by atoms with Crippen LogP contribution in [0.4, 0.5) is 4.79 Å². The van der Waals surface area contributed by atoms with Gasteiger partial charge in [0.1, 0.15) is 5.54 Å². The van der Waals surface area contributed by atoms with Crippen LogP contribution in [0.1, 0.15) is 30.0 Å². The van der Waals surface area contributed by atoms with Crippen molar-refractivity contribution in [2.24, 2.45) is 0 Å². The van der Waals surface area contributed by atoms with Gasteiger partial charge in [-0.3, -0.25) is 9.69 Å². The van der Waals surface area contributed by atoms with E-state index in [2.05, 4.69) is 17.2 Å². The Morgan fingerprint density at radius 3 is 2.75 bits per heavy atom. The van der Waals surface area contributed by atoms with Crippen LogP contribution in [0, 0.1) is 11.8 Å². The van der Waals surface area contributed by atoms with Gasteiger partial charge in [0.15, 0.2) is 0 Å². The summed E-state index contributed by atoms with van der Waals surface area (Å²) in [5, 5.41) is 11.3. The molecule has 106 valence electrons. The minimum absolute atomic E-state index is 0.0444. The number of hydrogen-bond donors (Lipinski definition) is 2. The van der Waals surface area contributed by atoms with E-state index in [-0.39, 0.29) is 25.1 Å². The van der Waals surface area contributed by atoms with Crippen molar-refractivity contribution < 1.29 is 14.7 Å². The summed E-state index contributed by atoms with van der Waals surface area (Å²) >= 11 is 1.45. The van der Waals surface area contributed by atoms with Crippen LogP contribution in [0.25, 0.3) is 0 Å². The highest BCUT2D eigenvalue weighted by Gasteiger charge is 2.44. The molecule has 0 saturated carbocycles. The molecule has 0 spiro atoms. The molecular weight excluding hydrogens is 276 g/mol. The zero-order valence-electron chi connectivity index (χ0n) is 11.4.